The second kappa shape index (κ2) is 6.35. The smallest absolute Gasteiger partial charge is 0.335 e. The van der Waals surface area contributed by atoms with E-state index in [-0.39, 0.29) is 5.56 Å². The van der Waals surface area contributed by atoms with E-state index in [0.29, 0.717) is 18.0 Å². The summed E-state index contributed by atoms with van der Waals surface area (Å²) in [5.74, 6) is -0.0294. The van der Waals surface area contributed by atoms with Crippen molar-refractivity contribution in [2.75, 3.05) is 13.1 Å². The summed E-state index contributed by atoms with van der Waals surface area (Å²) in [5.41, 5.74) is 0.586. The van der Waals surface area contributed by atoms with E-state index in [9.17, 15) is 9.18 Å². The highest BCUT2D eigenvalue weighted by Gasteiger charge is 2.22. The maximum absolute atomic E-state index is 13.9. The number of nitrogens with zero attached hydrogens (tertiary/aromatic N) is 1. The normalized spacial score (nSPS) is 17.6. The first-order chi connectivity index (χ1) is 9.47. The average Bonchev–Trinajstić information content (AvgIpc) is 2.41. The zero-order chi connectivity index (χ0) is 14.7. The van der Waals surface area contributed by atoms with Crippen molar-refractivity contribution in [1.82, 2.24) is 4.90 Å². The third kappa shape index (κ3) is 3.57. The summed E-state index contributed by atoms with van der Waals surface area (Å²) < 4.78 is 13.9. The van der Waals surface area contributed by atoms with Gasteiger partial charge in [-0.05, 0) is 49.9 Å². The van der Waals surface area contributed by atoms with Gasteiger partial charge in [0.1, 0.15) is 5.82 Å². The van der Waals surface area contributed by atoms with Gasteiger partial charge in [0.15, 0.2) is 0 Å². The number of aromatic carboxylic acids is 1. The van der Waals surface area contributed by atoms with Gasteiger partial charge in [-0.15, -0.1) is 0 Å². The molecule has 0 aromatic heterocycles. The Kier molecular flexibility index (Phi) is 4.76. The van der Waals surface area contributed by atoms with E-state index in [1.165, 1.54) is 6.07 Å². The van der Waals surface area contributed by atoms with Crippen LogP contribution in [0.25, 0.3) is 0 Å². The number of benzene rings is 1. The summed E-state index contributed by atoms with van der Waals surface area (Å²) in [6, 6.07) is 4.17. The molecule has 1 aromatic carbocycles. The Labute approximate surface area is 119 Å². The van der Waals surface area contributed by atoms with Gasteiger partial charge in [-0.3, -0.25) is 4.90 Å². The van der Waals surface area contributed by atoms with Gasteiger partial charge in [-0.25, -0.2) is 9.18 Å². The summed E-state index contributed by atoms with van der Waals surface area (Å²) >= 11 is 0. The number of halogens is 1. The van der Waals surface area contributed by atoms with Gasteiger partial charge in [-0.1, -0.05) is 19.9 Å². The van der Waals surface area contributed by atoms with E-state index in [4.69, 9.17) is 5.11 Å². The first-order valence-electron chi connectivity index (χ1n) is 7.21. The molecule has 1 heterocycles. The maximum Gasteiger partial charge on any atom is 0.335 e. The number of carboxylic acid groups (broad SMARTS) is 1. The lowest BCUT2D eigenvalue weighted by Gasteiger charge is -2.33. The van der Waals surface area contributed by atoms with Gasteiger partial charge in [0.2, 0.25) is 0 Å². The van der Waals surface area contributed by atoms with Crippen LogP contribution in [0.3, 0.4) is 0 Å². The number of carbonyl (C=O) groups is 1. The molecule has 0 unspecified atom stereocenters. The molecule has 110 valence electrons. The van der Waals surface area contributed by atoms with Crippen LogP contribution in [-0.4, -0.2) is 29.1 Å². The highest BCUT2D eigenvalue weighted by Crippen LogP contribution is 2.25. The Morgan fingerprint density at radius 1 is 1.40 bits per heavy atom. The Morgan fingerprint density at radius 2 is 2.05 bits per heavy atom. The molecule has 0 amide bonds. The van der Waals surface area contributed by atoms with Crippen LogP contribution in [0.5, 0.6) is 0 Å². The summed E-state index contributed by atoms with van der Waals surface area (Å²) in [5, 5.41) is 8.83. The molecule has 1 N–H and O–H groups in total. The molecule has 0 aliphatic carbocycles. The molecule has 20 heavy (non-hydrogen) atoms. The number of carboxylic acids is 1. The van der Waals surface area contributed by atoms with Crippen LogP contribution in [0.15, 0.2) is 18.2 Å². The molecule has 0 bridgehead atoms. The minimum absolute atomic E-state index is 0.00441. The highest BCUT2D eigenvalue weighted by molar-refractivity contribution is 5.87. The Hall–Kier alpha value is -1.42. The van der Waals surface area contributed by atoms with E-state index in [0.717, 1.165) is 37.9 Å². The topological polar surface area (TPSA) is 40.5 Å². The third-order valence-electron chi connectivity index (χ3n) is 4.27. The van der Waals surface area contributed by atoms with E-state index in [1.54, 1.807) is 6.07 Å². The fourth-order valence-corrected chi connectivity index (χ4v) is 2.83. The Morgan fingerprint density at radius 3 is 2.55 bits per heavy atom. The Bertz CT molecular complexity index is 479. The molecule has 1 fully saturated rings. The van der Waals surface area contributed by atoms with E-state index in [1.807, 2.05) is 0 Å². The van der Waals surface area contributed by atoms with Gasteiger partial charge in [0, 0.05) is 12.1 Å². The number of piperidine rings is 1. The van der Waals surface area contributed by atoms with Crippen LogP contribution in [-0.2, 0) is 6.54 Å². The number of likely N-dealkylation sites (tertiary alicyclic amines) is 1. The molecule has 0 spiro atoms. The molecule has 1 aliphatic rings. The molecule has 1 saturated heterocycles. The standard InChI is InChI=1S/C16H22FNO2/c1-11(2)12-5-7-18(8-6-12)10-14-4-3-13(16(19)20)9-15(14)17/h3-4,9,11-12H,5-8,10H2,1-2H3,(H,19,20). The van der Waals surface area contributed by atoms with Crippen molar-refractivity contribution in [1.29, 1.82) is 0 Å². The zero-order valence-electron chi connectivity index (χ0n) is 12.1. The lowest BCUT2D eigenvalue weighted by atomic mass is 9.86. The van der Waals surface area contributed by atoms with Crippen LogP contribution < -0.4 is 0 Å². The number of rotatable bonds is 4. The van der Waals surface area contributed by atoms with Gasteiger partial charge in [0.25, 0.3) is 0 Å². The van der Waals surface area contributed by atoms with Gasteiger partial charge < -0.3 is 5.11 Å². The SMILES string of the molecule is CC(C)C1CCN(Cc2ccc(C(=O)O)cc2F)CC1. The molecule has 1 aliphatic heterocycles. The summed E-state index contributed by atoms with van der Waals surface area (Å²) in [6.07, 6.45) is 2.32. The van der Waals surface area contributed by atoms with Gasteiger partial charge >= 0.3 is 5.97 Å². The lowest BCUT2D eigenvalue weighted by molar-refractivity contribution is 0.0696. The van der Waals surface area contributed by atoms with Crippen LogP contribution in [0.4, 0.5) is 4.39 Å². The van der Waals surface area contributed by atoms with Crippen molar-refractivity contribution < 1.29 is 14.3 Å². The number of hydrogen-bond donors (Lipinski definition) is 1. The predicted molar refractivity (Wildman–Crippen MR) is 76.2 cm³/mol. The first-order valence-corrected chi connectivity index (χ1v) is 7.21. The van der Waals surface area contributed by atoms with E-state index in [2.05, 4.69) is 18.7 Å². The molecule has 2 rings (SSSR count). The predicted octanol–water partition coefficient (Wildman–Crippen LogP) is 3.39. The van der Waals surface area contributed by atoms with Crippen molar-refractivity contribution in [3.8, 4) is 0 Å². The summed E-state index contributed by atoms with van der Waals surface area (Å²) in [7, 11) is 0. The van der Waals surface area contributed by atoms with Crippen molar-refractivity contribution in [3.63, 3.8) is 0 Å². The minimum atomic E-state index is -1.09. The molecule has 4 heteroatoms. The molecular weight excluding hydrogens is 257 g/mol. The van der Waals surface area contributed by atoms with E-state index < -0.39 is 11.8 Å². The second-order valence-corrected chi connectivity index (χ2v) is 5.97. The van der Waals surface area contributed by atoms with Gasteiger partial charge in [-0.2, -0.15) is 0 Å². The molecule has 3 nitrogen and oxygen atoms in total. The van der Waals surface area contributed by atoms with Crippen LogP contribution in [0.1, 0.15) is 42.6 Å². The maximum atomic E-state index is 13.9. The molecule has 0 radical (unpaired) electrons. The van der Waals surface area contributed by atoms with Crippen molar-refractivity contribution >= 4 is 5.97 Å². The first kappa shape index (κ1) is 15.0. The molecular formula is C16H22FNO2. The van der Waals surface area contributed by atoms with Crippen molar-refractivity contribution in [3.05, 3.63) is 35.1 Å². The highest BCUT2D eigenvalue weighted by atomic mass is 19.1. The quantitative estimate of drug-likeness (QED) is 0.918. The fourth-order valence-electron chi connectivity index (χ4n) is 2.83. The zero-order valence-corrected chi connectivity index (χ0v) is 12.1. The monoisotopic (exact) mass is 279 g/mol. The largest absolute Gasteiger partial charge is 0.478 e. The van der Waals surface area contributed by atoms with Crippen LogP contribution >= 0.6 is 0 Å². The van der Waals surface area contributed by atoms with Crippen molar-refractivity contribution in [2.45, 2.75) is 33.2 Å². The minimum Gasteiger partial charge on any atom is -0.478 e. The number of hydrogen-bond acceptors (Lipinski definition) is 2. The van der Waals surface area contributed by atoms with Crippen LogP contribution in [0, 0.1) is 17.7 Å². The average molecular weight is 279 g/mol. The van der Waals surface area contributed by atoms with E-state index >= 15 is 0 Å². The van der Waals surface area contributed by atoms with Crippen LogP contribution in [0.2, 0.25) is 0 Å². The third-order valence-corrected chi connectivity index (χ3v) is 4.27. The van der Waals surface area contributed by atoms with Crippen molar-refractivity contribution in [2.24, 2.45) is 11.8 Å². The Balaban J connectivity index is 1.96. The van der Waals surface area contributed by atoms with Gasteiger partial charge in [0.05, 0.1) is 5.56 Å². The summed E-state index contributed by atoms with van der Waals surface area (Å²) in [4.78, 5) is 13.0. The fraction of sp³-hybridized carbons (Fsp3) is 0.562. The molecule has 0 atom stereocenters. The molecule has 0 saturated carbocycles. The summed E-state index contributed by atoms with van der Waals surface area (Å²) in [6.45, 7) is 7.05. The molecule has 1 aromatic rings. The lowest BCUT2D eigenvalue weighted by Crippen LogP contribution is -2.35. The second-order valence-electron chi connectivity index (χ2n) is 5.97.